The number of alkyl halides is 3. The van der Waals surface area contributed by atoms with Crippen molar-refractivity contribution in [1.29, 1.82) is 0 Å². The third kappa shape index (κ3) is 3.13. The van der Waals surface area contributed by atoms with Crippen LogP contribution in [-0.2, 0) is 6.18 Å². The van der Waals surface area contributed by atoms with E-state index in [1.165, 1.54) is 6.20 Å². The number of pyridine rings is 1. The largest absolute Gasteiger partial charge is 0.416 e. The summed E-state index contributed by atoms with van der Waals surface area (Å²) in [4.78, 5) is 3.96. The Labute approximate surface area is 104 Å². The summed E-state index contributed by atoms with van der Waals surface area (Å²) in [6.07, 6.45) is -1.40. The number of nitrogens with zero attached hydrogens (tertiary/aromatic N) is 1. The Morgan fingerprint density at radius 3 is 2.61 bits per heavy atom. The summed E-state index contributed by atoms with van der Waals surface area (Å²) < 4.78 is 37.7. The van der Waals surface area contributed by atoms with Crippen LogP contribution in [0.2, 0.25) is 0 Å². The molecule has 0 aromatic carbocycles. The quantitative estimate of drug-likeness (QED) is 0.857. The van der Waals surface area contributed by atoms with Gasteiger partial charge in [0.05, 0.1) is 5.56 Å². The molecule has 3 nitrogen and oxygen atoms in total. The lowest BCUT2D eigenvalue weighted by molar-refractivity contribution is -0.137. The zero-order chi connectivity index (χ0) is 13.2. The Bertz CT molecular complexity index is 411. The van der Waals surface area contributed by atoms with E-state index < -0.39 is 11.7 Å². The van der Waals surface area contributed by atoms with E-state index in [1.54, 1.807) is 0 Å². The van der Waals surface area contributed by atoms with Crippen LogP contribution in [0.15, 0.2) is 18.3 Å². The van der Waals surface area contributed by atoms with E-state index >= 15 is 0 Å². The van der Waals surface area contributed by atoms with Gasteiger partial charge >= 0.3 is 6.18 Å². The van der Waals surface area contributed by atoms with Crippen LogP contribution in [0.1, 0.15) is 25.3 Å². The third-order valence-corrected chi connectivity index (χ3v) is 3.22. The molecule has 1 aromatic heterocycles. The van der Waals surface area contributed by atoms with Gasteiger partial charge in [0.25, 0.3) is 0 Å². The molecule has 0 radical (unpaired) electrons. The first-order valence-corrected chi connectivity index (χ1v) is 5.91. The van der Waals surface area contributed by atoms with E-state index in [1.807, 2.05) is 6.92 Å². The van der Waals surface area contributed by atoms with Crippen molar-refractivity contribution in [2.75, 3.05) is 18.4 Å². The molecule has 1 aromatic rings. The van der Waals surface area contributed by atoms with Gasteiger partial charge in [0.15, 0.2) is 0 Å². The van der Waals surface area contributed by atoms with Crippen molar-refractivity contribution >= 4 is 5.82 Å². The van der Waals surface area contributed by atoms with Crippen molar-refractivity contribution in [1.82, 2.24) is 10.3 Å². The van der Waals surface area contributed by atoms with Crippen LogP contribution >= 0.6 is 0 Å². The summed E-state index contributed by atoms with van der Waals surface area (Å²) in [5, 5.41) is 6.34. The third-order valence-electron chi connectivity index (χ3n) is 3.22. The molecule has 0 saturated carbocycles. The fraction of sp³-hybridized carbons (Fsp3) is 0.583. The minimum atomic E-state index is -4.33. The first-order chi connectivity index (χ1) is 8.39. The van der Waals surface area contributed by atoms with E-state index in [-0.39, 0.29) is 11.4 Å². The molecule has 0 amide bonds. The van der Waals surface area contributed by atoms with Gasteiger partial charge in [0, 0.05) is 11.7 Å². The maximum absolute atomic E-state index is 12.6. The van der Waals surface area contributed by atoms with Gasteiger partial charge in [-0.3, -0.25) is 0 Å². The Morgan fingerprint density at radius 2 is 2.00 bits per heavy atom. The first-order valence-electron chi connectivity index (χ1n) is 5.91. The van der Waals surface area contributed by atoms with E-state index in [4.69, 9.17) is 0 Å². The molecule has 18 heavy (non-hydrogen) atoms. The number of hydrogen-bond donors (Lipinski definition) is 2. The molecule has 100 valence electrons. The van der Waals surface area contributed by atoms with Crippen molar-refractivity contribution < 1.29 is 13.2 Å². The van der Waals surface area contributed by atoms with Crippen molar-refractivity contribution in [3.05, 3.63) is 23.9 Å². The summed E-state index contributed by atoms with van der Waals surface area (Å²) in [6.45, 7) is 3.74. The molecule has 1 saturated heterocycles. The van der Waals surface area contributed by atoms with Gasteiger partial charge in [-0.1, -0.05) is 0 Å². The van der Waals surface area contributed by atoms with Gasteiger partial charge in [-0.2, -0.15) is 13.2 Å². The number of rotatable bonds is 2. The lowest BCUT2D eigenvalue weighted by Gasteiger charge is -2.35. The van der Waals surface area contributed by atoms with Crippen molar-refractivity contribution in [3.63, 3.8) is 0 Å². The maximum Gasteiger partial charge on any atom is 0.416 e. The van der Waals surface area contributed by atoms with Gasteiger partial charge < -0.3 is 10.6 Å². The number of anilines is 1. The molecule has 1 fully saturated rings. The van der Waals surface area contributed by atoms with Crippen molar-refractivity contribution in [2.24, 2.45) is 0 Å². The molecule has 2 rings (SSSR count). The van der Waals surface area contributed by atoms with Crippen LogP contribution in [0.3, 0.4) is 0 Å². The molecule has 0 spiro atoms. The van der Waals surface area contributed by atoms with E-state index in [0.29, 0.717) is 0 Å². The fourth-order valence-corrected chi connectivity index (χ4v) is 2.09. The van der Waals surface area contributed by atoms with E-state index in [0.717, 1.165) is 38.1 Å². The fourth-order valence-electron chi connectivity index (χ4n) is 2.09. The molecule has 0 atom stereocenters. The normalized spacial score (nSPS) is 19.6. The number of aromatic nitrogens is 1. The molecular formula is C12H16F3N3. The summed E-state index contributed by atoms with van der Waals surface area (Å²) >= 11 is 0. The number of hydrogen-bond acceptors (Lipinski definition) is 3. The van der Waals surface area contributed by atoms with Crippen molar-refractivity contribution in [3.8, 4) is 0 Å². The predicted octanol–water partition coefficient (Wildman–Crippen LogP) is 2.65. The van der Waals surface area contributed by atoms with Gasteiger partial charge in [-0.05, 0) is 45.0 Å². The van der Waals surface area contributed by atoms with Crippen LogP contribution in [0, 0.1) is 0 Å². The summed E-state index contributed by atoms with van der Waals surface area (Å²) in [7, 11) is 0. The molecule has 1 aliphatic rings. The Hall–Kier alpha value is -1.30. The highest BCUT2D eigenvalue weighted by atomic mass is 19.4. The average Bonchev–Trinajstić information content (AvgIpc) is 2.28. The molecular weight excluding hydrogens is 243 g/mol. The standard InChI is InChI=1S/C12H16F3N3/c1-11(3-6-16-7-4-11)18-10-8-9(2-5-17-10)12(13,14)15/h2,5,8,16H,3-4,6-7H2,1H3,(H,17,18). The Kier molecular flexibility index (Phi) is 3.47. The summed E-state index contributed by atoms with van der Waals surface area (Å²) in [5.41, 5.74) is -0.861. The second kappa shape index (κ2) is 4.76. The second-order valence-electron chi connectivity index (χ2n) is 4.86. The highest BCUT2D eigenvalue weighted by molar-refractivity contribution is 5.41. The monoisotopic (exact) mass is 259 g/mol. The zero-order valence-corrected chi connectivity index (χ0v) is 10.1. The minimum Gasteiger partial charge on any atom is -0.365 e. The van der Waals surface area contributed by atoms with Gasteiger partial charge in [0.2, 0.25) is 0 Å². The summed E-state index contributed by atoms with van der Waals surface area (Å²) in [5.74, 6) is 0.286. The van der Waals surface area contributed by atoms with Crippen LogP contribution in [0.5, 0.6) is 0 Å². The molecule has 1 aliphatic heterocycles. The van der Waals surface area contributed by atoms with Crippen LogP contribution in [0.25, 0.3) is 0 Å². The molecule has 2 heterocycles. The van der Waals surface area contributed by atoms with Gasteiger partial charge in [-0.15, -0.1) is 0 Å². The van der Waals surface area contributed by atoms with Crippen LogP contribution in [-0.4, -0.2) is 23.6 Å². The van der Waals surface area contributed by atoms with Gasteiger partial charge in [0.1, 0.15) is 5.82 Å². The highest BCUT2D eigenvalue weighted by Gasteiger charge is 2.32. The number of halogens is 3. The number of piperidine rings is 1. The minimum absolute atomic E-state index is 0.192. The molecule has 6 heteroatoms. The molecule has 0 bridgehead atoms. The van der Waals surface area contributed by atoms with E-state index in [2.05, 4.69) is 15.6 Å². The number of nitrogens with one attached hydrogen (secondary N) is 2. The zero-order valence-electron chi connectivity index (χ0n) is 10.1. The molecule has 2 N–H and O–H groups in total. The van der Waals surface area contributed by atoms with Crippen LogP contribution < -0.4 is 10.6 Å². The predicted molar refractivity (Wildman–Crippen MR) is 63.4 cm³/mol. The lowest BCUT2D eigenvalue weighted by atomic mass is 9.90. The smallest absolute Gasteiger partial charge is 0.365 e. The van der Waals surface area contributed by atoms with Crippen LogP contribution in [0.4, 0.5) is 19.0 Å². The van der Waals surface area contributed by atoms with E-state index in [9.17, 15) is 13.2 Å². The van der Waals surface area contributed by atoms with Gasteiger partial charge in [-0.25, -0.2) is 4.98 Å². The highest BCUT2D eigenvalue weighted by Crippen LogP contribution is 2.31. The first kappa shape index (κ1) is 13.1. The maximum atomic E-state index is 12.6. The average molecular weight is 259 g/mol. The van der Waals surface area contributed by atoms with Crippen molar-refractivity contribution in [2.45, 2.75) is 31.5 Å². The Morgan fingerprint density at radius 1 is 1.33 bits per heavy atom. The molecule has 0 unspecified atom stereocenters. The lowest BCUT2D eigenvalue weighted by Crippen LogP contribution is -2.45. The topological polar surface area (TPSA) is 37.0 Å². The second-order valence-corrected chi connectivity index (χ2v) is 4.86. The Balaban J connectivity index is 2.14. The summed E-state index contributed by atoms with van der Waals surface area (Å²) in [6, 6.07) is 2.04. The molecule has 0 aliphatic carbocycles. The SMILES string of the molecule is CC1(Nc2cc(C(F)(F)F)ccn2)CCNCC1.